The fraction of sp³-hybridized carbons (Fsp3) is 0.688. The van der Waals surface area contributed by atoms with E-state index in [9.17, 15) is 9.90 Å². The van der Waals surface area contributed by atoms with Crippen molar-refractivity contribution in [3.63, 3.8) is 0 Å². The number of nitrogens with zero attached hydrogens (tertiary/aromatic N) is 1. The average molecular weight is 506 g/mol. The minimum absolute atomic E-state index is 0.0869. The molecule has 0 saturated heterocycles. The molecule has 4 aliphatic rings. The van der Waals surface area contributed by atoms with Crippen LogP contribution < -0.4 is 4.74 Å². The number of aromatic nitrogens is 1. The lowest BCUT2D eigenvalue weighted by Gasteiger charge is -2.62. The Morgan fingerprint density at radius 2 is 1.86 bits per heavy atom. The molecule has 4 fully saturated rings. The van der Waals surface area contributed by atoms with Gasteiger partial charge in [-0.05, 0) is 117 Å². The summed E-state index contributed by atoms with van der Waals surface area (Å²) in [6.45, 7) is 5.55. The molecule has 0 amide bonds. The molecule has 0 bridgehead atoms. The average Bonchev–Trinajstić information content (AvgIpc) is 3.25. The number of carbonyl (C=O) groups excluding carboxylic acids is 1. The first-order valence-electron chi connectivity index (χ1n) is 14.5. The summed E-state index contributed by atoms with van der Waals surface area (Å²) < 4.78 is 11.4. The SMILES string of the molecule is COC[C@@]1(O)CC[C@@]2(C)[C@@H](CC[C@@H]3[C@@H]2CC[C@]2(C)[C@@H](C(=O)COc4ccc5ncccc5c4)CC[C@@H]32)C1. The van der Waals surface area contributed by atoms with Gasteiger partial charge in [-0.2, -0.15) is 0 Å². The van der Waals surface area contributed by atoms with Crippen molar-refractivity contribution in [1.29, 1.82) is 0 Å². The van der Waals surface area contributed by atoms with Crippen molar-refractivity contribution in [1.82, 2.24) is 4.98 Å². The molecule has 5 nitrogen and oxygen atoms in total. The second-order valence-corrected chi connectivity index (χ2v) is 13.3. The van der Waals surface area contributed by atoms with Crippen molar-refractivity contribution >= 4 is 16.7 Å². The molecule has 1 heterocycles. The predicted molar refractivity (Wildman–Crippen MR) is 144 cm³/mol. The van der Waals surface area contributed by atoms with Crippen LogP contribution in [0.2, 0.25) is 0 Å². The van der Waals surface area contributed by atoms with E-state index >= 15 is 0 Å². The van der Waals surface area contributed by atoms with Gasteiger partial charge in [-0.15, -0.1) is 0 Å². The monoisotopic (exact) mass is 505 g/mol. The van der Waals surface area contributed by atoms with Gasteiger partial charge in [-0.1, -0.05) is 19.9 Å². The number of carbonyl (C=O) groups is 1. The fourth-order valence-corrected chi connectivity index (χ4v) is 9.65. The smallest absolute Gasteiger partial charge is 0.173 e. The number of aliphatic hydroxyl groups is 1. The summed E-state index contributed by atoms with van der Waals surface area (Å²) >= 11 is 0. The highest BCUT2D eigenvalue weighted by Crippen LogP contribution is 2.68. The van der Waals surface area contributed by atoms with Crippen LogP contribution in [0.15, 0.2) is 36.5 Å². The first-order valence-corrected chi connectivity index (χ1v) is 14.5. The highest BCUT2D eigenvalue weighted by atomic mass is 16.5. The minimum atomic E-state index is -0.651. The van der Waals surface area contributed by atoms with Crippen molar-refractivity contribution in [2.24, 2.45) is 40.4 Å². The third-order valence-corrected chi connectivity index (χ3v) is 11.6. The minimum Gasteiger partial charge on any atom is -0.486 e. The van der Waals surface area contributed by atoms with Crippen LogP contribution in [0, 0.1) is 40.4 Å². The molecule has 0 aliphatic heterocycles. The lowest BCUT2D eigenvalue weighted by atomic mass is 9.44. The van der Waals surface area contributed by atoms with Crippen LogP contribution in [0.1, 0.15) is 71.6 Å². The standard InChI is InChI=1S/C32H43NO4/c1-30-14-15-32(35,20-36-3)18-22(30)6-8-24-25-9-10-27(31(25,2)13-12-26(24)30)29(34)19-37-23-7-11-28-21(17-23)5-4-16-33-28/h4-5,7,11,16-17,22,24-27,35H,6,8-10,12-15,18-20H2,1-3H3/t22-,24-,25-,26-,27+,30-,31-,32+/m0/s1. The zero-order valence-electron chi connectivity index (χ0n) is 22.7. The van der Waals surface area contributed by atoms with Gasteiger partial charge in [0.2, 0.25) is 0 Å². The summed E-state index contributed by atoms with van der Waals surface area (Å²) in [6.07, 6.45) is 11.6. The molecule has 0 unspecified atom stereocenters. The number of methoxy groups -OCH3 is 1. The molecule has 1 aromatic carbocycles. The number of ketones is 1. The molecule has 0 radical (unpaired) electrons. The summed E-state index contributed by atoms with van der Waals surface area (Å²) in [5, 5.41) is 12.1. The van der Waals surface area contributed by atoms with E-state index in [1.165, 1.54) is 25.7 Å². The van der Waals surface area contributed by atoms with Crippen LogP contribution in [0.5, 0.6) is 5.75 Å². The van der Waals surface area contributed by atoms with Gasteiger partial charge in [0, 0.05) is 24.6 Å². The molecule has 8 atom stereocenters. The largest absolute Gasteiger partial charge is 0.486 e. The van der Waals surface area contributed by atoms with Gasteiger partial charge in [-0.25, -0.2) is 0 Å². The zero-order valence-corrected chi connectivity index (χ0v) is 22.7. The lowest BCUT2D eigenvalue weighted by molar-refractivity contribution is -0.164. The highest BCUT2D eigenvalue weighted by molar-refractivity contribution is 5.84. The molecule has 4 saturated carbocycles. The Labute approximate surface area is 221 Å². The van der Waals surface area contributed by atoms with Crippen LogP contribution in [0.4, 0.5) is 0 Å². The fourth-order valence-electron chi connectivity index (χ4n) is 9.65. The van der Waals surface area contributed by atoms with E-state index in [0.717, 1.165) is 48.8 Å². The van der Waals surface area contributed by atoms with Gasteiger partial charge < -0.3 is 14.6 Å². The predicted octanol–water partition coefficient (Wildman–Crippen LogP) is 6.22. The highest BCUT2D eigenvalue weighted by Gasteiger charge is 2.62. The first kappa shape index (κ1) is 25.3. The van der Waals surface area contributed by atoms with Crippen LogP contribution in [-0.2, 0) is 9.53 Å². The van der Waals surface area contributed by atoms with Crippen LogP contribution in [0.25, 0.3) is 10.9 Å². The molecule has 37 heavy (non-hydrogen) atoms. The number of rotatable bonds is 6. The van der Waals surface area contributed by atoms with Crippen LogP contribution in [-0.4, -0.2) is 41.8 Å². The van der Waals surface area contributed by atoms with E-state index in [1.807, 2.05) is 30.3 Å². The summed E-state index contributed by atoms with van der Waals surface area (Å²) in [5.74, 6) is 3.75. The molecule has 0 spiro atoms. The summed E-state index contributed by atoms with van der Waals surface area (Å²) in [4.78, 5) is 17.9. The Balaban J connectivity index is 1.13. The van der Waals surface area contributed by atoms with Crippen molar-refractivity contribution in [3.8, 4) is 5.75 Å². The number of Topliss-reactive ketones (excluding diaryl/α,β-unsaturated/α-hetero) is 1. The van der Waals surface area contributed by atoms with Crippen molar-refractivity contribution < 1.29 is 19.4 Å². The number of fused-ring (bicyclic) bond motifs is 6. The second-order valence-electron chi connectivity index (χ2n) is 13.3. The number of pyridine rings is 1. The maximum atomic E-state index is 13.5. The molecular formula is C32H43NO4. The Bertz CT molecular complexity index is 1170. The number of ether oxygens (including phenoxy) is 2. The normalized spacial score (nSPS) is 41.0. The molecule has 5 heteroatoms. The lowest BCUT2D eigenvalue weighted by Crippen LogP contribution is -2.57. The number of benzene rings is 1. The summed E-state index contributed by atoms with van der Waals surface area (Å²) in [6, 6.07) is 9.81. The number of hydrogen-bond acceptors (Lipinski definition) is 5. The number of hydrogen-bond donors (Lipinski definition) is 1. The van der Waals surface area contributed by atoms with E-state index in [-0.39, 0.29) is 23.7 Å². The van der Waals surface area contributed by atoms with Gasteiger partial charge in [-0.3, -0.25) is 9.78 Å². The van der Waals surface area contributed by atoms with Gasteiger partial charge in [0.15, 0.2) is 5.78 Å². The third-order valence-electron chi connectivity index (χ3n) is 11.6. The van der Waals surface area contributed by atoms with Crippen molar-refractivity contribution in [3.05, 3.63) is 36.5 Å². The van der Waals surface area contributed by atoms with Crippen LogP contribution >= 0.6 is 0 Å². The Morgan fingerprint density at radius 1 is 1.03 bits per heavy atom. The topological polar surface area (TPSA) is 68.7 Å². The molecule has 1 N–H and O–H groups in total. The van der Waals surface area contributed by atoms with Gasteiger partial charge in [0.1, 0.15) is 12.4 Å². The van der Waals surface area contributed by atoms with E-state index in [0.29, 0.717) is 35.7 Å². The van der Waals surface area contributed by atoms with E-state index in [4.69, 9.17) is 9.47 Å². The zero-order chi connectivity index (χ0) is 25.8. The maximum absolute atomic E-state index is 13.5. The molecule has 1 aromatic heterocycles. The molecule has 6 rings (SSSR count). The van der Waals surface area contributed by atoms with Crippen molar-refractivity contribution in [2.75, 3.05) is 20.3 Å². The van der Waals surface area contributed by atoms with Gasteiger partial charge in [0.25, 0.3) is 0 Å². The van der Waals surface area contributed by atoms with E-state index < -0.39 is 5.60 Å². The van der Waals surface area contributed by atoms with Crippen LogP contribution in [0.3, 0.4) is 0 Å². The second kappa shape index (κ2) is 9.34. The van der Waals surface area contributed by atoms with Gasteiger partial charge >= 0.3 is 0 Å². The third kappa shape index (κ3) is 4.21. The van der Waals surface area contributed by atoms with E-state index in [2.05, 4.69) is 18.8 Å². The Morgan fingerprint density at radius 3 is 2.70 bits per heavy atom. The first-order chi connectivity index (χ1) is 17.8. The molecular weight excluding hydrogens is 462 g/mol. The molecule has 4 aliphatic carbocycles. The summed E-state index contributed by atoms with van der Waals surface area (Å²) in [5.41, 5.74) is 0.680. The van der Waals surface area contributed by atoms with Gasteiger partial charge in [0.05, 0.1) is 17.7 Å². The summed E-state index contributed by atoms with van der Waals surface area (Å²) in [7, 11) is 1.70. The molecule has 200 valence electrons. The van der Waals surface area contributed by atoms with Crippen molar-refractivity contribution in [2.45, 2.75) is 77.2 Å². The maximum Gasteiger partial charge on any atom is 0.173 e. The molecule has 2 aromatic rings. The Hall–Kier alpha value is -1.98. The van der Waals surface area contributed by atoms with E-state index in [1.54, 1.807) is 13.3 Å². The Kier molecular flexibility index (Phi) is 6.39. The quantitative estimate of drug-likeness (QED) is 0.505.